The van der Waals surface area contributed by atoms with Gasteiger partial charge in [0, 0.05) is 17.1 Å². The van der Waals surface area contributed by atoms with Gasteiger partial charge in [-0.15, -0.1) is 0 Å². The van der Waals surface area contributed by atoms with Crippen LogP contribution in [0.25, 0.3) is 22.4 Å². The molecule has 3 nitrogen and oxygen atoms in total. The Bertz CT molecular complexity index is 749. The second kappa shape index (κ2) is 4.70. The fourth-order valence-corrected chi connectivity index (χ4v) is 2.54. The van der Waals surface area contributed by atoms with Gasteiger partial charge in [-0.25, -0.2) is 4.98 Å². The van der Waals surface area contributed by atoms with Crippen LogP contribution in [-0.2, 0) is 7.05 Å². The van der Waals surface area contributed by atoms with Gasteiger partial charge in [-0.2, -0.15) is 0 Å². The van der Waals surface area contributed by atoms with E-state index in [2.05, 4.69) is 26.6 Å². The molecule has 0 saturated heterocycles. The lowest BCUT2D eigenvalue weighted by Crippen LogP contribution is -1.93. The predicted molar refractivity (Wildman–Crippen MR) is 80.4 cm³/mol. The van der Waals surface area contributed by atoms with Gasteiger partial charge >= 0.3 is 0 Å². The van der Waals surface area contributed by atoms with Crippen LogP contribution in [0.2, 0.25) is 0 Å². The molecule has 0 aliphatic rings. The summed E-state index contributed by atoms with van der Waals surface area (Å²) < 4.78 is 8.40. The van der Waals surface area contributed by atoms with Gasteiger partial charge in [0.15, 0.2) is 0 Å². The van der Waals surface area contributed by atoms with Gasteiger partial charge in [0.2, 0.25) is 0 Å². The fraction of sp³-hybridized carbons (Fsp3) is 0.133. The van der Waals surface area contributed by atoms with Crippen molar-refractivity contribution in [1.82, 2.24) is 9.55 Å². The maximum absolute atomic E-state index is 5.26. The smallest absolute Gasteiger partial charge is 0.140 e. The lowest BCUT2D eigenvalue weighted by Gasteiger charge is -2.04. The molecule has 0 amide bonds. The molecule has 0 bridgehead atoms. The molecule has 0 fully saturated rings. The Hall–Kier alpha value is -1.81. The quantitative estimate of drug-likeness (QED) is 0.714. The van der Waals surface area contributed by atoms with Crippen LogP contribution < -0.4 is 4.74 Å². The van der Waals surface area contributed by atoms with E-state index in [1.54, 1.807) is 7.11 Å². The first-order valence-electron chi connectivity index (χ1n) is 5.95. The largest absolute Gasteiger partial charge is 0.497 e. The summed E-state index contributed by atoms with van der Waals surface area (Å²) in [4.78, 5) is 4.70. The van der Waals surface area contributed by atoms with Crippen LogP contribution in [0.4, 0.5) is 0 Å². The molecule has 3 rings (SSSR count). The van der Waals surface area contributed by atoms with E-state index in [1.807, 2.05) is 43.4 Å². The van der Waals surface area contributed by atoms with Crippen LogP contribution in [0.1, 0.15) is 0 Å². The van der Waals surface area contributed by atoms with Crippen LogP contribution in [0.3, 0.4) is 0 Å². The number of hydrogen-bond donors (Lipinski definition) is 0. The molecule has 3 aromatic rings. The number of ether oxygens (including phenoxy) is 1. The molecule has 0 radical (unpaired) electrons. The van der Waals surface area contributed by atoms with Crippen molar-refractivity contribution in [2.24, 2.45) is 7.05 Å². The summed E-state index contributed by atoms with van der Waals surface area (Å²) in [6.45, 7) is 0. The summed E-state index contributed by atoms with van der Waals surface area (Å²) in [5.41, 5.74) is 3.14. The SMILES string of the molecule is COc1cccc(-c2nc3cc(Br)ccc3n2C)c1. The molecule has 96 valence electrons. The molecule has 0 atom stereocenters. The summed E-state index contributed by atoms with van der Waals surface area (Å²) in [6, 6.07) is 14.1. The highest BCUT2D eigenvalue weighted by atomic mass is 79.9. The van der Waals surface area contributed by atoms with Gasteiger partial charge < -0.3 is 9.30 Å². The van der Waals surface area contributed by atoms with Crippen molar-refractivity contribution < 1.29 is 4.74 Å². The summed E-state index contributed by atoms with van der Waals surface area (Å²) in [6.07, 6.45) is 0. The van der Waals surface area contributed by atoms with Crippen molar-refractivity contribution in [2.75, 3.05) is 7.11 Å². The van der Waals surface area contributed by atoms with Gasteiger partial charge in [-0.05, 0) is 30.3 Å². The Morgan fingerprint density at radius 2 is 2.00 bits per heavy atom. The van der Waals surface area contributed by atoms with Gasteiger partial charge in [-0.1, -0.05) is 28.1 Å². The van der Waals surface area contributed by atoms with Crippen molar-refractivity contribution >= 4 is 27.0 Å². The third-order valence-corrected chi connectivity index (χ3v) is 3.66. The third-order valence-electron chi connectivity index (χ3n) is 3.17. The highest BCUT2D eigenvalue weighted by molar-refractivity contribution is 9.10. The Morgan fingerprint density at radius 3 is 2.79 bits per heavy atom. The molecule has 0 saturated carbocycles. The first-order valence-corrected chi connectivity index (χ1v) is 6.75. The predicted octanol–water partition coefficient (Wildman–Crippen LogP) is 4.01. The van der Waals surface area contributed by atoms with E-state index < -0.39 is 0 Å². The molecule has 0 unspecified atom stereocenters. The first kappa shape index (κ1) is 12.2. The Kier molecular flexibility index (Phi) is 3.03. The normalized spacial score (nSPS) is 10.9. The number of aryl methyl sites for hydroxylation is 1. The molecule has 19 heavy (non-hydrogen) atoms. The number of rotatable bonds is 2. The number of fused-ring (bicyclic) bond motifs is 1. The van der Waals surface area contributed by atoms with Crippen molar-refractivity contribution in [1.29, 1.82) is 0 Å². The van der Waals surface area contributed by atoms with Gasteiger partial charge in [0.25, 0.3) is 0 Å². The minimum atomic E-state index is 0.839. The van der Waals surface area contributed by atoms with E-state index in [0.29, 0.717) is 0 Å². The maximum atomic E-state index is 5.26. The highest BCUT2D eigenvalue weighted by Gasteiger charge is 2.10. The standard InChI is InChI=1S/C15H13BrN2O/c1-18-14-7-6-11(16)9-13(14)17-15(18)10-4-3-5-12(8-10)19-2/h3-9H,1-2H3. The summed E-state index contributed by atoms with van der Waals surface area (Å²) in [5, 5.41) is 0. The zero-order chi connectivity index (χ0) is 13.4. The average Bonchev–Trinajstić information content (AvgIpc) is 2.75. The Labute approximate surface area is 120 Å². The lowest BCUT2D eigenvalue weighted by atomic mass is 10.2. The molecule has 0 aliphatic heterocycles. The van der Waals surface area contributed by atoms with Crippen molar-refractivity contribution in [3.8, 4) is 17.1 Å². The molecule has 1 aromatic heterocycles. The molecule has 2 aromatic carbocycles. The third kappa shape index (κ3) is 2.12. The topological polar surface area (TPSA) is 27.1 Å². The van der Waals surface area contributed by atoms with E-state index in [9.17, 15) is 0 Å². The second-order valence-corrected chi connectivity index (χ2v) is 5.28. The molecule has 1 heterocycles. The first-order chi connectivity index (χ1) is 9.19. The van der Waals surface area contributed by atoms with Crippen LogP contribution in [0, 0.1) is 0 Å². The van der Waals surface area contributed by atoms with Crippen molar-refractivity contribution in [2.45, 2.75) is 0 Å². The number of hydrogen-bond acceptors (Lipinski definition) is 2. The van der Waals surface area contributed by atoms with Gasteiger partial charge in [0.1, 0.15) is 11.6 Å². The van der Waals surface area contributed by atoms with Crippen LogP contribution >= 0.6 is 15.9 Å². The second-order valence-electron chi connectivity index (χ2n) is 4.36. The number of methoxy groups -OCH3 is 1. The molecule has 0 N–H and O–H groups in total. The van der Waals surface area contributed by atoms with Crippen LogP contribution in [0.15, 0.2) is 46.9 Å². The molecule has 0 aliphatic carbocycles. The maximum Gasteiger partial charge on any atom is 0.140 e. The Morgan fingerprint density at radius 1 is 1.16 bits per heavy atom. The molecule has 4 heteroatoms. The molecular formula is C15H13BrN2O. The molecule has 0 spiro atoms. The van der Waals surface area contributed by atoms with Gasteiger partial charge in [-0.3, -0.25) is 0 Å². The minimum absolute atomic E-state index is 0.839. The summed E-state index contributed by atoms with van der Waals surface area (Å²) >= 11 is 3.48. The average molecular weight is 317 g/mol. The zero-order valence-electron chi connectivity index (χ0n) is 10.7. The Balaban J connectivity index is 2.21. The van der Waals surface area contributed by atoms with E-state index in [-0.39, 0.29) is 0 Å². The number of aromatic nitrogens is 2. The van der Waals surface area contributed by atoms with Gasteiger partial charge in [0.05, 0.1) is 18.1 Å². The highest BCUT2D eigenvalue weighted by Crippen LogP contribution is 2.27. The van der Waals surface area contributed by atoms with E-state index in [1.165, 1.54) is 0 Å². The summed E-state index contributed by atoms with van der Waals surface area (Å²) in [7, 11) is 3.70. The summed E-state index contributed by atoms with van der Waals surface area (Å²) in [5.74, 6) is 1.78. The van der Waals surface area contributed by atoms with Crippen LogP contribution in [0.5, 0.6) is 5.75 Å². The van der Waals surface area contributed by atoms with E-state index in [4.69, 9.17) is 9.72 Å². The number of halogens is 1. The monoisotopic (exact) mass is 316 g/mol. The number of imidazole rings is 1. The van der Waals surface area contributed by atoms with Crippen LogP contribution in [-0.4, -0.2) is 16.7 Å². The number of nitrogens with zero attached hydrogens (tertiary/aromatic N) is 2. The van der Waals surface area contributed by atoms with Crippen molar-refractivity contribution in [3.05, 3.63) is 46.9 Å². The van der Waals surface area contributed by atoms with E-state index >= 15 is 0 Å². The van der Waals surface area contributed by atoms with E-state index in [0.717, 1.165) is 32.6 Å². The number of benzene rings is 2. The fourth-order valence-electron chi connectivity index (χ4n) is 2.19. The zero-order valence-corrected chi connectivity index (χ0v) is 12.3. The lowest BCUT2D eigenvalue weighted by molar-refractivity contribution is 0.415. The molecular weight excluding hydrogens is 304 g/mol. The van der Waals surface area contributed by atoms with Crippen molar-refractivity contribution in [3.63, 3.8) is 0 Å². The minimum Gasteiger partial charge on any atom is -0.497 e.